The van der Waals surface area contributed by atoms with Gasteiger partial charge in [-0.2, -0.15) is 0 Å². The second-order valence-corrected chi connectivity index (χ2v) is 7.71. The van der Waals surface area contributed by atoms with Gasteiger partial charge in [0.1, 0.15) is 0 Å². The molecule has 0 aromatic rings. The number of rotatable bonds is 5. The van der Waals surface area contributed by atoms with Crippen molar-refractivity contribution in [2.24, 2.45) is 5.41 Å². The van der Waals surface area contributed by atoms with Gasteiger partial charge in [0.2, 0.25) is 0 Å². The van der Waals surface area contributed by atoms with E-state index in [1.54, 1.807) is 0 Å². The van der Waals surface area contributed by atoms with Crippen molar-refractivity contribution in [3.63, 3.8) is 0 Å². The standard InChI is InChI=1S/C18H33NO/c1-2-19-15-17(9-6-7-10-17)14-16-8-13-18(20-16)11-4-3-5-12-18/h16,19H,2-15H2,1H3. The average Bonchev–Trinajstić information content (AvgIpc) is 3.07. The topological polar surface area (TPSA) is 21.3 Å². The van der Waals surface area contributed by atoms with Crippen LogP contribution in [0.1, 0.15) is 84.0 Å². The highest BCUT2D eigenvalue weighted by Gasteiger charge is 2.44. The largest absolute Gasteiger partial charge is 0.372 e. The van der Waals surface area contributed by atoms with Gasteiger partial charge >= 0.3 is 0 Å². The van der Waals surface area contributed by atoms with E-state index in [0.29, 0.717) is 17.1 Å². The zero-order valence-electron chi connectivity index (χ0n) is 13.4. The van der Waals surface area contributed by atoms with E-state index < -0.39 is 0 Å². The summed E-state index contributed by atoms with van der Waals surface area (Å²) in [6.07, 6.45) is 17.2. The third-order valence-electron chi connectivity index (χ3n) is 6.18. The number of ether oxygens (including phenoxy) is 1. The van der Waals surface area contributed by atoms with Crippen LogP contribution in [0, 0.1) is 5.41 Å². The summed E-state index contributed by atoms with van der Waals surface area (Å²) in [6, 6.07) is 0. The molecule has 3 fully saturated rings. The van der Waals surface area contributed by atoms with Gasteiger partial charge < -0.3 is 10.1 Å². The summed E-state index contributed by atoms with van der Waals surface area (Å²) in [5.41, 5.74) is 0.863. The van der Waals surface area contributed by atoms with Gasteiger partial charge in [-0.05, 0) is 56.9 Å². The highest BCUT2D eigenvalue weighted by molar-refractivity contribution is 4.95. The molecule has 2 heteroatoms. The molecule has 0 bridgehead atoms. The molecule has 0 aromatic carbocycles. The first-order chi connectivity index (χ1) is 9.76. The quantitative estimate of drug-likeness (QED) is 0.804. The summed E-state index contributed by atoms with van der Waals surface area (Å²) in [5.74, 6) is 0. The molecule has 0 aromatic heterocycles. The van der Waals surface area contributed by atoms with Crippen molar-refractivity contribution >= 4 is 0 Å². The Morgan fingerprint density at radius 1 is 0.950 bits per heavy atom. The molecular formula is C18H33NO. The van der Waals surface area contributed by atoms with Crippen LogP contribution < -0.4 is 5.32 Å². The lowest BCUT2D eigenvalue weighted by Crippen LogP contribution is -2.37. The van der Waals surface area contributed by atoms with Crippen molar-refractivity contribution in [3.05, 3.63) is 0 Å². The molecule has 1 heterocycles. The number of hydrogen-bond donors (Lipinski definition) is 1. The fourth-order valence-electron chi connectivity index (χ4n) is 5.05. The van der Waals surface area contributed by atoms with Gasteiger partial charge in [-0.1, -0.05) is 39.0 Å². The number of hydrogen-bond acceptors (Lipinski definition) is 2. The van der Waals surface area contributed by atoms with E-state index in [4.69, 9.17) is 4.74 Å². The molecule has 0 amide bonds. The van der Waals surface area contributed by atoms with E-state index in [0.717, 1.165) is 6.54 Å². The minimum atomic E-state index is 0.306. The lowest BCUT2D eigenvalue weighted by atomic mass is 9.79. The maximum atomic E-state index is 6.63. The lowest BCUT2D eigenvalue weighted by molar-refractivity contribution is -0.0765. The monoisotopic (exact) mass is 279 g/mol. The van der Waals surface area contributed by atoms with Crippen LogP contribution in [0.2, 0.25) is 0 Å². The fraction of sp³-hybridized carbons (Fsp3) is 1.00. The van der Waals surface area contributed by atoms with Crippen LogP contribution in [-0.2, 0) is 4.74 Å². The van der Waals surface area contributed by atoms with E-state index in [9.17, 15) is 0 Å². The smallest absolute Gasteiger partial charge is 0.0687 e. The molecule has 116 valence electrons. The van der Waals surface area contributed by atoms with Crippen LogP contribution >= 0.6 is 0 Å². The molecule has 2 nitrogen and oxygen atoms in total. The Morgan fingerprint density at radius 3 is 2.35 bits per heavy atom. The summed E-state index contributed by atoms with van der Waals surface area (Å²) < 4.78 is 6.63. The van der Waals surface area contributed by atoms with E-state index >= 15 is 0 Å². The van der Waals surface area contributed by atoms with Crippen LogP contribution in [0.4, 0.5) is 0 Å². The summed E-state index contributed by atoms with van der Waals surface area (Å²) in [6.45, 7) is 4.55. The molecule has 1 atom stereocenters. The van der Waals surface area contributed by atoms with Gasteiger partial charge in [-0.15, -0.1) is 0 Å². The van der Waals surface area contributed by atoms with E-state index in [1.165, 1.54) is 83.6 Å². The Balaban J connectivity index is 1.56. The maximum absolute atomic E-state index is 6.63. The van der Waals surface area contributed by atoms with Gasteiger partial charge in [0, 0.05) is 6.54 Å². The van der Waals surface area contributed by atoms with Gasteiger partial charge in [0.15, 0.2) is 0 Å². The first-order valence-electron chi connectivity index (χ1n) is 9.15. The van der Waals surface area contributed by atoms with Crippen molar-refractivity contribution < 1.29 is 4.74 Å². The second-order valence-electron chi connectivity index (χ2n) is 7.71. The normalized spacial score (nSPS) is 31.9. The molecule has 2 aliphatic carbocycles. The Morgan fingerprint density at radius 2 is 1.65 bits per heavy atom. The zero-order valence-corrected chi connectivity index (χ0v) is 13.4. The summed E-state index contributed by atoms with van der Waals surface area (Å²) in [5, 5.41) is 3.62. The lowest BCUT2D eigenvalue weighted by Gasteiger charge is -2.36. The molecule has 0 radical (unpaired) electrons. The predicted molar refractivity (Wildman–Crippen MR) is 84.0 cm³/mol. The average molecular weight is 279 g/mol. The first-order valence-corrected chi connectivity index (χ1v) is 9.15. The Kier molecular flexibility index (Phi) is 4.72. The van der Waals surface area contributed by atoms with Gasteiger partial charge in [-0.25, -0.2) is 0 Å². The molecule has 1 aliphatic heterocycles. The van der Waals surface area contributed by atoms with E-state index in [-0.39, 0.29) is 0 Å². The van der Waals surface area contributed by atoms with Crippen LogP contribution in [0.25, 0.3) is 0 Å². The molecule has 1 saturated heterocycles. The summed E-state index contributed by atoms with van der Waals surface area (Å²) >= 11 is 0. The second kappa shape index (κ2) is 6.36. The van der Waals surface area contributed by atoms with Crippen LogP contribution in [0.3, 0.4) is 0 Å². The SMILES string of the molecule is CCNCC1(CC2CCC3(CCCCC3)O2)CCCC1. The van der Waals surface area contributed by atoms with Crippen LogP contribution in [0.5, 0.6) is 0 Å². The predicted octanol–water partition coefficient (Wildman–Crippen LogP) is 4.43. The van der Waals surface area contributed by atoms with Crippen molar-refractivity contribution in [2.75, 3.05) is 13.1 Å². The number of nitrogens with one attached hydrogen (secondary N) is 1. The van der Waals surface area contributed by atoms with Gasteiger partial charge in [0.25, 0.3) is 0 Å². The van der Waals surface area contributed by atoms with Crippen LogP contribution in [0.15, 0.2) is 0 Å². The van der Waals surface area contributed by atoms with Crippen molar-refractivity contribution in [1.29, 1.82) is 0 Å². The minimum Gasteiger partial charge on any atom is -0.372 e. The van der Waals surface area contributed by atoms with Gasteiger partial charge in [-0.3, -0.25) is 0 Å². The van der Waals surface area contributed by atoms with Crippen LogP contribution in [-0.4, -0.2) is 24.8 Å². The maximum Gasteiger partial charge on any atom is 0.0687 e. The molecule has 2 saturated carbocycles. The molecular weight excluding hydrogens is 246 g/mol. The van der Waals surface area contributed by atoms with Crippen molar-refractivity contribution in [2.45, 2.75) is 95.7 Å². The molecule has 1 unspecified atom stereocenters. The molecule has 3 aliphatic rings. The van der Waals surface area contributed by atoms with E-state index in [2.05, 4.69) is 12.2 Å². The molecule has 1 spiro atoms. The summed E-state index contributed by atoms with van der Waals surface area (Å²) in [7, 11) is 0. The van der Waals surface area contributed by atoms with Crippen molar-refractivity contribution in [3.8, 4) is 0 Å². The Labute approximate surface area is 125 Å². The third kappa shape index (κ3) is 3.22. The molecule has 3 rings (SSSR count). The first kappa shape index (κ1) is 14.8. The highest BCUT2D eigenvalue weighted by atomic mass is 16.5. The molecule has 20 heavy (non-hydrogen) atoms. The summed E-state index contributed by atoms with van der Waals surface area (Å²) in [4.78, 5) is 0. The Bertz CT molecular complexity index is 303. The van der Waals surface area contributed by atoms with E-state index in [1.807, 2.05) is 0 Å². The third-order valence-corrected chi connectivity index (χ3v) is 6.18. The Hall–Kier alpha value is -0.0800. The fourth-order valence-corrected chi connectivity index (χ4v) is 5.05. The zero-order chi connectivity index (χ0) is 13.9. The highest BCUT2D eigenvalue weighted by Crippen LogP contribution is 2.48. The van der Waals surface area contributed by atoms with Crippen molar-refractivity contribution in [1.82, 2.24) is 5.32 Å². The van der Waals surface area contributed by atoms with Gasteiger partial charge in [0.05, 0.1) is 11.7 Å². The molecule has 1 N–H and O–H groups in total. The minimum absolute atomic E-state index is 0.306.